The number of amides is 1. The maximum Gasteiger partial charge on any atom is 0.275 e. The minimum absolute atomic E-state index is 0.169. The van der Waals surface area contributed by atoms with Crippen LogP contribution in [0, 0.1) is 0 Å². The number of carbonyl (C=O) groups excluding carboxylic acids is 1. The van der Waals surface area contributed by atoms with Crippen LogP contribution in [0.3, 0.4) is 0 Å². The van der Waals surface area contributed by atoms with E-state index in [-0.39, 0.29) is 5.91 Å². The molecule has 0 fully saturated rings. The van der Waals surface area contributed by atoms with Crippen molar-refractivity contribution in [2.24, 2.45) is 0 Å². The highest BCUT2D eigenvalue weighted by Gasteiger charge is 2.06. The molecule has 0 atom stereocenters. The molecule has 0 saturated heterocycles. The molecule has 1 aromatic heterocycles. The Labute approximate surface area is 85.6 Å². The van der Waals surface area contributed by atoms with E-state index in [1.54, 1.807) is 11.4 Å². The predicted molar refractivity (Wildman–Crippen MR) is 56.5 cm³/mol. The zero-order valence-corrected chi connectivity index (χ0v) is 8.12. The van der Waals surface area contributed by atoms with E-state index in [4.69, 9.17) is 0 Å². The van der Waals surface area contributed by atoms with Crippen LogP contribution < -0.4 is 5.32 Å². The fraction of sp³-hybridized carbons (Fsp3) is 0. The van der Waals surface area contributed by atoms with Crippen LogP contribution in [-0.2, 0) is 0 Å². The highest BCUT2D eigenvalue weighted by atomic mass is 32.1. The summed E-state index contributed by atoms with van der Waals surface area (Å²) in [6.07, 6.45) is 0. The van der Waals surface area contributed by atoms with Gasteiger partial charge in [0.1, 0.15) is 5.69 Å². The lowest BCUT2D eigenvalue weighted by Crippen LogP contribution is -2.11. The number of carbonyl (C=O) groups is 1. The van der Waals surface area contributed by atoms with E-state index in [2.05, 4.69) is 9.69 Å². The van der Waals surface area contributed by atoms with Crippen molar-refractivity contribution in [3.63, 3.8) is 0 Å². The Bertz CT molecular complexity index is 411. The zero-order valence-electron chi connectivity index (χ0n) is 7.31. The van der Waals surface area contributed by atoms with Crippen LogP contribution in [-0.4, -0.2) is 10.3 Å². The minimum Gasteiger partial charge on any atom is -0.321 e. The highest BCUT2D eigenvalue weighted by Crippen LogP contribution is 2.08. The molecular formula is C10H8N2OS. The molecular weight excluding hydrogens is 196 g/mol. The Hall–Kier alpha value is -1.68. The third-order valence-electron chi connectivity index (χ3n) is 1.70. The molecule has 3 nitrogen and oxygen atoms in total. The Balaban J connectivity index is 2.10. The molecule has 0 unspecified atom stereocenters. The molecule has 70 valence electrons. The van der Waals surface area contributed by atoms with E-state index in [0.29, 0.717) is 5.69 Å². The number of nitrogens with zero attached hydrogens (tertiary/aromatic N) is 1. The first-order chi connectivity index (χ1) is 6.86. The molecule has 0 saturated carbocycles. The molecule has 0 bridgehead atoms. The predicted octanol–water partition coefficient (Wildman–Crippen LogP) is 2.40. The largest absolute Gasteiger partial charge is 0.321 e. The lowest BCUT2D eigenvalue weighted by atomic mass is 10.3. The molecule has 0 aliphatic rings. The lowest BCUT2D eigenvalue weighted by Gasteiger charge is -2.01. The second kappa shape index (κ2) is 4.02. The number of rotatable bonds is 2. The van der Waals surface area contributed by atoms with E-state index in [9.17, 15) is 4.79 Å². The lowest BCUT2D eigenvalue weighted by molar-refractivity contribution is 0.102. The first-order valence-corrected chi connectivity index (χ1v) is 4.97. The Morgan fingerprint density at radius 3 is 2.64 bits per heavy atom. The van der Waals surface area contributed by atoms with Gasteiger partial charge in [-0.15, -0.1) is 0 Å². The average molecular weight is 204 g/mol. The van der Waals surface area contributed by atoms with E-state index in [1.165, 1.54) is 11.5 Å². The van der Waals surface area contributed by atoms with Gasteiger partial charge in [-0.3, -0.25) is 4.79 Å². The van der Waals surface area contributed by atoms with E-state index in [0.717, 1.165) is 5.69 Å². The normalized spacial score (nSPS) is 9.71. The number of hydrogen-bond acceptors (Lipinski definition) is 3. The molecule has 0 radical (unpaired) electrons. The second-order valence-electron chi connectivity index (χ2n) is 2.70. The van der Waals surface area contributed by atoms with Gasteiger partial charge in [0.2, 0.25) is 0 Å². The Morgan fingerprint density at radius 2 is 2.00 bits per heavy atom. The summed E-state index contributed by atoms with van der Waals surface area (Å²) in [4.78, 5) is 11.5. The van der Waals surface area contributed by atoms with E-state index >= 15 is 0 Å². The van der Waals surface area contributed by atoms with Crippen molar-refractivity contribution in [3.8, 4) is 0 Å². The van der Waals surface area contributed by atoms with Crippen LogP contribution in [0.1, 0.15) is 10.5 Å². The first kappa shape index (κ1) is 8.90. The number of nitrogens with one attached hydrogen (secondary N) is 1. The number of benzene rings is 1. The molecule has 0 spiro atoms. The van der Waals surface area contributed by atoms with Crippen molar-refractivity contribution < 1.29 is 4.79 Å². The summed E-state index contributed by atoms with van der Waals surface area (Å²) in [7, 11) is 0. The number of anilines is 1. The smallest absolute Gasteiger partial charge is 0.275 e. The van der Waals surface area contributed by atoms with Gasteiger partial charge >= 0.3 is 0 Å². The summed E-state index contributed by atoms with van der Waals surface area (Å²) in [6, 6.07) is 11.0. The monoisotopic (exact) mass is 204 g/mol. The molecule has 14 heavy (non-hydrogen) atoms. The van der Waals surface area contributed by atoms with Crippen molar-refractivity contribution in [1.29, 1.82) is 0 Å². The van der Waals surface area contributed by atoms with Gasteiger partial charge in [-0.1, -0.05) is 18.2 Å². The second-order valence-corrected chi connectivity index (χ2v) is 3.37. The zero-order chi connectivity index (χ0) is 9.80. The van der Waals surface area contributed by atoms with Crippen LogP contribution in [0.5, 0.6) is 0 Å². The topological polar surface area (TPSA) is 42.0 Å². The molecule has 2 aromatic rings. The van der Waals surface area contributed by atoms with Crippen LogP contribution in [0.2, 0.25) is 0 Å². The minimum atomic E-state index is -0.169. The van der Waals surface area contributed by atoms with E-state index in [1.807, 2.05) is 30.3 Å². The Kier molecular flexibility index (Phi) is 2.55. The highest BCUT2D eigenvalue weighted by molar-refractivity contribution is 7.03. The standard InChI is InChI=1S/C10H8N2OS/c13-10(9-6-7-14-12-9)11-8-4-2-1-3-5-8/h1-7H,(H,11,13). The van der Waals surface area contributed by atoms with Crippen molar-refractivity contribution in [1.82, 2.24) is 4.37 Å². The summed E-state index contributed by atoms with van der Waals surface area (Å²) in [5, 5.41) is 4.53. The molecule has 1 N–H and O–H groups in total. The van der Waals surface area contributed by atoms with Gasteiger partial charge in [0.15, 0.2) is 0 Å². The van der Waals surface area contributed by atoms with Gasteiger partial charge in [-0.05, 0) is 29.7 Å². The summed E-state index contributed by atoms with van der Waals surface area (Å²) in [5.74, 6) is -0.169. The molecule has 1 heterocycles. The van der Waals surface area contributed by atoms with Gasteiger partial charge < -0.3 is 5.32 Å². The molecule has 0 aliphatic heterocycles. The first-order valence-electron chi connectivity index (χ1n) is 4.13. The molecule has 1 aromatic carbocycles. The van der Waals surface area contributed by atoms with Gasteiger partial charge in [0.05, 0.1) is 0 Å². The summed E-state index contributed by atoms with van der Waals surface area (Å²) < 4.78 is 3.94. The van der Waals surface area contributed by atoms with E-state index < -0.39 is 0 Å². The van der Waals surface area contributed by atoms with Gasteiger partial charge in [0.25, 0.3) is 5.91 Å². The fourth-order valence-corrected chi connectivity index (χ4v) is 1.55. The number of aromatic nitrogens is 1. The molecule has 0 aliphatic carbocycles. The quantitative estimate of drug-likeness (QED) is 0.816. The van der Waals surface area contributed by atoms with Crippen LogP contribution >= 0.6 is 11.5 Å². The van der Waals surface area contributed by atoms with Gasteiger partial charge in [-0.25, -0.2) is 0 Å². The SMILES string of the molecule is O=C(Nc1ccccc1)c1ccsn1. The van der Waals surface area contributed by atoms with Gasteiger partial charge in [-0.2, -0.15) is 4.37 Å². The van der Waals surface area contributed by atoms with Crippen LogP contribution in [0.25, 0.3) is 0 Å². The van der Waals surface area contributed by atoms with Crippen molar-refractivity contribution in [2.45, 2.75) is 0 Å². The average Bonchev–Trinajstić information content (AvgIpc) is 2.72. The number of hydrogen-bond donors (Lipinski definition) is 1. The molecule has 2 rings (SSSR count). The number of para-hydroxylation sites is 1. The third-order valence-corrected chi connectivity index (χ3v) is 2.26. The van der Waals surface area contributed by atoms with Crippen molar-refractivity contribution in [2.75, 3.05) is 5.32 Å². The third kappa shape index (κ3) is 1.97. The summed E-state index contributed by atoms with van der Waals surface area (Å²) in [6.45, 7) is 0. The fourth-order valence-electron chi connectivity index (χ4n) is 1.05. The molecule has 1 amide bonds. The Morgan fingerprint density at radius 1 is 1.21 bits per heavy atom. The maximum atomic E-state index is 11.5. The molecule has 4 heteroatoms. The summed E-state index contributed by atoms with van der Waals surface area (Å²) >= 11 is 1.27. The summed E-state index contributed by atoms with van der Waals surface area (Å²) in [5.41, 5.74) is 1.24. The van der Waals surface area contributed by atoms with Crippen molar-refractivity contribution >= 4 is 23.1 Å². The van der Waals surface area contributed by atoms with Crippen molar-refractivity contribution in [3.05, 3.63) is 47.5 Å². The van der Waals surface area contributed by atoms with Gasteiger partial charge in [0, 0.05) is 11.1 Å². The maximum absolute atomic E-state index is 11.5. The van der Waals surface area contributed by atoms with Crippen LogP contribution in [0.15, 0.2) is 41.8 Å². The van der Waals surface area contributed by atoms with Crippen LogP contribution in [0.4, 0.5) is 5.69 Å².